The quantitative estimate of drug-likeness (QED) is 0.707. The van der Waals surface area contributed by atoms with Crippen LogP contribution in [-0.2, 0) is 14.3 Å². The summed E-state index contributed by atoms with van der Waals surface area (Å²) in [7, 11) is 0. The lowest BCUT2D eigenvalue weighted by Crippen LogP contribution is -2.55. The third kappa shape index (κ3) is 5.39. The lowest BCUT2D eigenvalue weighted by molar-refractivity contribution is -0.143. The van der Waals surface area contributed by atoms with Crippen LogP contribution in [0.1, 0.15) is 12.8 Å². The number of carbonyl (C=O) groups is 1. The summed E-state index contributed by atoms with van der Waals surface area (Å²) in [5.41, 5.74) is 0. The molecule has 1 aromatic rings. The maximum absolute atomic E-state index is 12.8. The number of hydrogen-bond donors (Lipinski definition) is 1. The number of β-amino-alcohol motifs (C(OH)–C–C–N with tert-alkyl or cyclic N) is 1. The Bertz CT molecular complexity index is 673. The maximum Gasteiger partial charge on any atom is 0.267 e. The van der Waals surface area contributed by atoms with Gasteiger partial charge in [0, 0.05) is 39.3 Å². The number of nitrogens with zero attached hydrogens (tertiary/aromatic N) is 2. The van der Waals surface area contributed by atoms with Crippen LogP contribution in [0.4, 0.5) is 0 Å². The first kappa shape index (κ1) is 20.4. The van der Waals surface area contributed by atoms with Crippen molar-refractivity contribution in [3.8, 4) is 11.5 Å². The number of hydrogen-bond acceptors (Lipinski definition) is 7. The largest absolute Gasteiger partial charge is 0.485 e. The van der Waals surface area contributed by atoms with Crippen LogP contribution in [0.25, 0.3) is 0 Å². The number of fused-ring (bicyclic) bond motifs is 1. The fourth-order valence-electron chi connectivity index (χ4n) is 3.96. The maximum atomic E-state index is 12.8. The highest BCUT2D eigenvalue weighted by Gasteiger charge is 2.33. The number of piperazine rings is 1. The zero-order chi connectivity index (χ0) is 20.1. The highest BCUT2D eigenvalue weighted by atomic mass is 16.6. The second kappa shape index (κ2) is 9.75. The normalized spacial score (nSPS) is 25.8. The third-order valence-corrected chi connectivity index (χ3v) is 5.57. The molecule has 1 aromatic carbocycles. The monoisotopic (exact) mass is 406 g/mol. The Labute approximate surface area is 171 Å². The van der Waals surface area contributed by atoms with Gasteiger partial charge in [-0.2, -0.15) is 0 Å². The van der Waals surface area contributed by atoms with Crippen molar-refractivity contribution in [1.29, 1.82) is 0 Å². The molecule has 0 radical (unpaired) electrons. The van der Waals surface area contributed by atoms with E-state index in [1.807, 2.05) is 29.2 Å². The molecule has 160 valence electrons. The summed E-state index contributed by atoms with van der Waals surface area (Å²) in [5.74, 6) is 1.25. The van der Waals surface area contributed by atoms with Crippen molar-refractivity contribution in [1.82, 2.24) is 9.80 Å². The lowest BCUT2D eigenvalue weighted by Gasteiger charge is -2.37. The van der Waals surface area contributed by atoms with E-state index in [9.17, 15) is 9.90 Å². The zero-order valence-corrected chi connectivity index (χ0v) is 16.7. The molecule has 8 nitrogen and oxygen atoms in total. The van der Waals surface area contributed by atoms with Gasteiger partial charge in [-0.05, 0) is 25.0 Å². The minimum Gasteiger partial charge on any atom is -0.485 e. The summed E-state index contributed by atoms with van der Waals surface area (Å²) in [6.45, 7) is 5.12. The molecule has 4 rings (SSSR count). The first-order valence-corrected chi connectivity index (χ1v) is 10.5. The molecule has 0 bridgehead atoms. The Morgan fingerprint density at radius 1 is 1.21 bits per heavy atom. The summed E-state index contributed by atoms with van der Waals surface area (Å²) in [4.78, 5) is 16.8. The highest BCUT2D eigenvalue weighted by molar-refractivity contribution is 5.82. The van der Waals surface area contributed by atoms with E-state index < -0.39 is 12.2 Å². The van der Waals surface area contributed by atoms with Gasteiger partial charge in [-0.15, -0.1) is 0 Å². The summed E-state index contributed by atoms with van der Waals surface area (Å²) in [5, 5.41) is 10.2. The van der Waals surface area contributed by atoms with Crippen molar-refractivity contribution in [3.63, 3.8) is 0 Å². The van der Waals surface area contributed by atoms with E-state index in [1.165, 1.54) is 0 Å². The van der Waals surface area contributed by atoms with Gasteiger partial charge in [0.25, 0.3) is 5.91 Å². The number of ether oxygens (including phenoxy) is 4. The summed E-state index contributed by atoms with van der Waals surface area (Å²) in [6, 6.07) is 7.40. The molecule has 0 aliphatic carbocycles. The first-order chi connectivity index (χ1) is 14.2. The van der Waals surface area contributed by atoms with E-state index in [4.69, 9.17) is 18.9 Å². The van der Waals surface area contributed by atoms with E-state index in [-0.39, 0.29) is 18.6 Å². The molecule has 3 heterocycles. The van der Waals surface area contributed by atoms with Gasteiger partial charge < -0.3 is 29.0 Å². The lowest BCUT2D eigenvalue weighted by atomic mass is 10.2. The SMILES string of the molecule is O=C(C1COc2ccccc2O1)N1CCN(CC(O)COCC2CCCO2)CC1. The topological polar surface area (TPSA) is 80.7 Å². The van der Waals surface area contributed by atoms with E-state index >= 15 is 0 Å². The van der Waals surface area contributed by atoms with E-state index in [0.717, 1.165) is 32.5 Å². The van der Waals surface area contributed by atoms with Gasteiger partial charge in [-0.1, -0.05) is 12.1 Å². The predicted octanol–water partition coefficient (Wildman–Crippen LogP) is 0.527. The minimum absolute atomic E-state index is 0.0420. The molecular weight excluding hydrogens is 376 g/mol. The minimum atomic E-state index is -0.603. The van der Waals surface area contributed by atoms with Gasteiger partial charge in [-0.25, -0.2) is 0 Å². The predicted molar refractivity (Wildman–Crippen MR) is 105 cm³/mol. The van der Waals surface area contributed by atoms with Gasteiger partial charge in [0.2, 0.25) is 6.10 Å². The Balaban J connectivity index is 1.16. The third-order valence-electron chi connectivity index (χ3n) is 5.57. The smallest absolute Gasteiger partial charge is 0.267 e. The van der Waals surface area contributed by atoms with Crippen molar-refractivity contribution < 1.29 is 28.8 Å². The number of aliphatic hydroxyl groups excluding tert-OH is 1. The van der Waals surface area contributed by atoms with Crippen LogP contribution in [0.3, 0.4) is 0 Å². The van der Waals surface area contributed by atoms with Crippen LogP contribution in [-0.4, -0.2) is 98.3 Å². The fourth-order valence-corrected chi connectivity index (χ4v) is 3.96. The molecule has 3 atom stereocenters. The molecular formula is C21H30N2O6. The average Bonchev–Trinajstić information content (AvgIpc) is 3.27. The summed E-state index contributed by atoms with van der Waals surface area (Å²) >= 11 is 0. The van der Waals surface area contributed by atoms with Crippen LogP contribution in [0.2, 0.25) is 0 Å². The fraction of sp³-hybridized carbons (Fsp3) is 0.667. The zero-order valence-electron chi connectivity index (χ0n) is 16.7. The van der Waals surface area contributed by atoms with Crippen molar-refractivity contribution in [2.75, 3.05) is 59.2 Å². The van der Waals surface area contributed by atoms with Crippen LogP contribution < -0.4 is 9.47 Å². The van der Waals surface area contributed by atoms with Gasteiger partial charge in [-0.3, -0.25) is 9.69 Å². The van der Waals surface area contributed by atoms with Crippen molar-refractivity contribution in [3.05, 3.63) is 24.3 Å². The molecule has 2 saturated heterocycles. The molecule has 3 aliphatic rings. The molecule has 1 amide bonds. The molecule has 0 aromatic heterocycles. The molecule has 29 heavy (non-hydrogen) atoms. The molecule has 2 fully saturated rings. The number of rotatable bonds is 7. The molecule has 1 N–H and O–H groups in total. The summed E-state index contributed by atoms with van der Waals surface area (Å²) in [6.07, 6.45) is 1.16. The number of aliphatic hydroxyl groups is 1. The number of benzene rings is 1. The summed E-state index contributed by atoms with van der Waals surface area (Å²) < 4.78 is 22.6. The Morgan fingerprint density at radius 2 is 2.00 bits per heavy atom. The first-order valence-electron chi connectivity index (χ1n) is 10.5. The Hall–Kier alpha value is -1.87. The van der Waals surface area contributed by atoms with Gasteiger partial charge in [0.15, 0.2) is 11.5 Å². The van der Waals surface area contributed by atoms with Gasteiger partial charge in [0.05, 0.1) is 25.4 Å². The van der Waals surface area contributed by atoms with Crippen molar-refractivity contribution in [2.45, 2.75) is 31.2 Å². The molecule has 8 heteroatoms. The number of amides is 1. The van der Waals surface area contributed by atoms with E-state index in [1.54, 1.807) is 0 Å². The second-order valence-electron chi connectivity index (χ2n) is 7.82. The van der Waals surface area contributed by atoms with Crippen LogP contribution >= 0.6 is 0 Å². The van der Waals surface area contributed by atoms with Crippen molar-refractivity contribution >= 4 is 5.91 Å². The number of para-hydroxylation sites is 2. The van der Waals surface area contributed by atoms with E-state index in [2.05, 4.69) is 4.90 Å². The Kier molecular flexibility index (Phi) is 6.86. The van der Waals surface area contributed by atoms with Gasteiger partial charge >= 0.3 is 0 Å². The molecule has 0 spiro atoms. The number of carbonyl (C=O) groups excluding carboxylic acids is 1. The van der Waals surface area contributed by atoms with E-state index in [0.29, 0.717) is 44.3 Å². The molecule has 3 aliphatic heterocycles. The highest BCUT2D eigenvalue weighted by Crippen LogP contribution is 2.31. The van der Waals surface area contributed by atoms with Crippen molar-refractivity contribution in [2.24, 2.45) is 0 Å². The average molecular weight is 406 g/mol. The van der Waals surface area contributed by atoms with Crippen LogP contribution in [0.15, 0.2) is 24.3 Å². The Morgan fingerprint density at radius 3 is 2.76 bits per heavy atom. The van der Waals surface area contributed by atoms with Crippen LogP contribution in [0, 0.1) is 0 Å². The molecule has 3 unspecified atom stereocenters. The van der Waals surface area contributed by atoms with Gasteiger partial charge in [0.1, 0.15) is 6.61 Å². The molecule has 0 saturated carbocycles. The second-order valence-corrected chi connectivity index (χ2v) is 7.82. The standard InChI is InChI=1S/C21H30N2O6/c24-16(13-26-14-17-4-3-11-27-17)12-22-7-9-23(10-8-22)21(25)20-15-28-18-5-1-2-6-19(18)29-20/h1-2,5-6,16-17,20,24H,3-4,7-15H2. The van der Waals surface area contributed by atoms with Crippen LogP contribution in [0.5, 0.6) is 11.5 Å².